The van der Waals surface area contributed by atoms with Crippen molar-refractivity contribution in [3.8, 4) is 0 Å². The van der Waals surface area contributed by atoms with Crippen molar-refractivity contribution >= 4 is 11.8 Å². The molecule has 0 aliphatic rings. The summed E-state index contributed by atoms with van der Waals surface area (Å²) >= 11 is 0. The van der Waals surface area contributed by atoms with Crippen molar-refractivity contribution in [3.63, 3.8) is 0 Å². The standard InChI is InChI=1S/C11H12N4O/c16-11(14-10-6-7-13-15-10)12-8-9-4-2-1-3-5-9/h1-7H,8H2,(H3,12,13,14,15,16). The van der Waals surface area contributed by atoms with Gasteiger partial charge < -0.3 is 5.32 Å². The summed E-state index contributed by atoms with van der Waals surface area (Å²) in [7, 11) is 0. The number of aromatic amines is 1. The predicted molar refractivity (Wildman–Crippen MR) is 60.9 cm³/mol. The Hall–Kier alpha value is -2.30. The van der Waals surface area contributed by atoms with Crippen LogP contribution < -0.4 is 10.6 Å². The highest BCUT2D eigenvalue weighted by Crippen LogP contribution is 1.99. The van der Waals surface area contributed by atoms with E-state index in [1.54, 1.807) is 12.3 Å². The number of hydrogen-bond acceptors (Lipinski definition) is 2. The molecule has 0 unspecified atom stereocenters. The van der Waals surface area contributed by atoms with Crippen LogP contribution in [0.1, 0.15) is 5.56 Å². The first-order chi connectivity index (χ1) is 7.84. The lowest BCUT2D eigenvalue weighted by atomic mass is 10.2. The minimum Gasteiger partial charge on any atom is -0.334 e. The zero-order valence-electron chi connectivity index (χ0n) is 8.60. The van der Waals surface area contributed by atoms with Gasteiger partial charge in [0.1, 0.15) is 5.82 Å². The van der Waals surface area contributed by atoms with Gasteiger partial charge in [-0.05, 0) is 5.56 Å². The summed E-state index contributed by atoms with van der Waals surface area (Å²) in [6, 6.07) is 11.1. The highest BCUT2D eigenvalue weighted by Gasteiger charge is 2.01. The lowest BCUT2D eigenvalue weighted by Gasteiger charge is -2.05. The fraction of sp³-hybridized carbons (Fsp3) is 0.0909. The van der Waals surface area contributed by atoms with E-state index < -0.39 is 0 Å². The van der Waals surface area contributed by atoms with Crippen LogP contribution in [0.3, 0.4) is 0 Å². The summed E-state index contributed by atoms with van der Waals surface area (Å²) in [5.41, 5.74) is 1.06. The maximum Gasteiger partial charge on any atom is 0.320 e. The van der Waals surface area contributed by atoms with Crippen molar-refractivity contribution in [2.75, 3.05) is 5.32 Å². The summed E-state index contributed by atoms with van der Waals surface area (Å²) < 4.78 is 0. The van der Waals surface area contributed by atoms with E-state index in [0.717, 1.165) is 5.56 Å². The van der Waals surface area contributed by atoms with E-state index in [1.165, 1.54) is 0 Å². The number of amides is 2. The van der Waals surface area contributed by atoms with Gasteiger partial charge in [0, 0.05) is 12.6 Å². The Morgan fingerprint density at radius 3 is 2.75 bits per heavy atom. The van der Waals surface area contributed by atoms with E-state index in [2.05, 4.69) is 20.8 Å². The summed E-state index contributed by atoms with van der Waals surface area (Å²) in [6.07, 6.45) is 1.58. The fourth-order valence-corrected chi connectivity index (χ4v) is 1.27. The Kier molecular flexibility index (Phi) is 3.18. The number of urea groups is 1. The maximum atomic E-state index is 11.4. The van der Waals surface area contributed by atoms with Crippen molar-refractivity contribution in [2.45, 2.75) is 6.54 Å². The molecule has 82 valence electrons. The minimum absolute atomic E-state index is 0.256. The normalized spacial score (nSPS) is 9.75. The molecule has 1 aromatic carbocycles. The second-order valence-electron chi connectivity index (χ2n) is 3.26. The number of benzene rings is 1. The van der Waals surface area contributed by atoms with Gasteiger partial charge in [0.05, 0.1) is 6.20 Å². The van der Waals surface area contributed by atoms with E-state index in [0.29, 0.717) is 12.4 Å². The summed E-state index contributed by atoms with van der Waals surface area (Å²) in [4.78, 5) is 11.4. The number of carbonyl (C=O) groups is 1. The quantitative estimate of drug-likeness (QED) is 0.731. The third-order valence-corrected chi connectivity index (χ3v) is 2.04. The number of hydrogen-bond donors (Lipinski definition) is 3. The average Bonchev–Trinajstić information content (AvgIpc) is 2.81. The van der Waals surface area contributed by atoms with E-state index >= 15 is 0 Å². The van der Waals surface area contributed by atoms with Gasteiger partial charge in [-0.1, -0.05) is 30.3 Å². The van der Waals surface area contributed by atoms with Gasteiger partial charge in [-0.2, -0.15) is 5.10 Å². The third-order valence-electron chi connectivity index (χ3n) is 2.04. The van der Waals surface area contributed by atoms with Crippen molar-refractivity contribution in [1.29, 1.82) is 0 Å². The van der Waals surface area contributed by atoms with Gasteiger partial charge in [-0.25, -0.2) is 4.79 Å². The summed E-state index contributed by atoms with van der Waals surface area (Å²) in [6.45, 7) is 0.501. The molecule has 3 N–H and O–H groups in total. The largest absolute Gasteiger partial charge is 0.334 e. The van der Waals surface area contributed by atoms with Crippen LogP contribution in [0.15, 0.2) is 42.6 Å². The molecular formula is C11H12N4O. The number of aromatic nitrogens is 2. The first-order valence-electron chi connectivity index (χ1n) is 4.93. The zero-order valence-corrected chi connectivity index (χ0v) is 8.60. The Labute approximate surface area is 92.9 Å². The molecule has 0 spiro atoms. The molecule has 1 heterocycles. The number of nitrogens with one attached hydrogen (secondary N) is 3. The monoisotopic (exact) mass is 216 g/mol. The van der Waals surface area contributed by atoms with Gasteiger partial charge in [-0.3, -0.25) is 10.4 Å². The minimum atomic E-state index is -0.256. The third kappa shape index (κ3) is 2.84. The lowest BCUT2D eigenvalue weighted by molar-refractivity contribution is 0.251. The van der Waals surface area contributed by atoms with E-state index in [4.69, 9.17) is 0 Å². The van der Waals surface area contributed by atoms with E-state index in [-0.39, 0.29) is 6.03 Å². The summed E-state index contributed by atoms with van der Waals surface area (Å²) in [5.74, 6) is 0.575. The fourth-order valence-electron chi connectivity index (χ4n) is 1.27. The van der Waals surface area contributed by atoms with Gasteiger partial charge in [0.2, 0.25) is 0 Å². The molecule has 0 bridgehead atoms. The molecule has 1 aromatic heterocycles. The number of carbonyl (C=O) groups excluding carboxylic acids is 1. The molecule has 2 amide bonds. The molecule has 2 aromatic rings. The second-order valence-corrected chi connectivity index (χ2v) is 3.26. The van der Waals surface area contributed by atoms with Crippen molar-refractivity contribution in [1.82, 2.24) is 15.5 Å². The number of anilines is 1. The lowest BCUT2D eigenvalue weighted by Crippen LogP contribution is -2.28. The van der Waals surface area contributed by atoms with Crippen molar-refractivity contribution < 1.29 is 4.79 Å². The van der Waals surface area contributed by atoms with Crippen LogP contribution in [0.4, 0.5) is 10.6 Å². The average molecular weight is 216 g/mol. The first kappa shape index (κ1) is 10.2. The molecule has 0 saturated heterocycles. The maximum absolute atomic E-state index is 11.4. The molecule has 0 saturated carbocycles. The number of H-pyrrole nitrogens is 1. The van der Waals surface area contributed by atoms with E-state index in [9.17, 15) is 4.79 Å². The molecule has 5 nitrogen and oxygen atoms in total. The van der Waals surface area contributed by atoms with Crippen LogP contribution in [0, 0.1) is 0 Å². The van der Waals surface area contributed by atoms with Crippen molar-refractivity contribution in [3.05, 3.63) is 48.2 Å². The number of nitrogens with zero attached hydrogens (tertiary/aromatic N) is 1. The molecule has 0 atom stereocenters. The van der Waals surface area contributed by atoms with Crippen LogP contribution in [0.5, 0.6) is 0 Å². The van der Waals surface area contributed by atoms with Crippen LogP contribution in [0.25, 0.3) is 0 Å². The molecule has 2 rings (SSSR count). The molecule has 0 radical (unpaired) electrons. The molecule has 0 aliphatic heterocycles. The topological polar surface area (TPSA) is 69.8 Å². The summed E-state index contributed by atoms with van der Waals surface area (Å²) in [5, 5.41) is 11.7. The predicted octanol–water partition coefficient (Wildman–Crippen LogP) is 1.73. The molecule has 0 aliphatic carbocycles. The van der Waals surface area contributed by atoms with Crippen LogP contribution >= 0.6 is 0 Å². The first-order valence-corrected chi connectivity index (χ1v) is 4.93. The van der Waals surface area contributed by atoms with Crippen molar-refractivity contribution in [2.24, 2.45) is 0 Å². The Balaban J connectivity index is 1.80. The van der Waals surface area contributed by atoms with Gasteiger partial charge in [0.25, 0.3) is 0 Å². The SMILES string of the molecule is O=C(NCc1ccccc1)Nc1ccn[nH]1. The second kappa shape index (κ2) is 4.97. The van der Waals surface area contributed by atoms with Gasteiger partial charge in [0.15, 0.2) is 0 Å². The van der Waals surface area contributed by atoms with Crippen LogP contribution in [0.2, 0.25) is 0 Å². The van der Waals surface area contributed by atoms with Gasteiger partial charge >= 0.3 is 6.03 Å². The Morgan fingerprint density at radius 2 is 2.06 bits per heavy atom. The smallest absolute Gasteiger partial charge is 0.320 e. The van der Waals surface area contributed by atoms with Gasteiger partial charge in [-0.15, -0.1) is 0 Å². The van der Waals surface area contributed by atoms with Crippen LogP contribution in [-0.4, -0.2) is 16.2 Å². The van der Waals surface area contributed by atoms with E-state index in [1.807, 2.05) is 30.3 Å². The highest BCUT2D eigenvalue weighted by atomic mass is 16.2. The van der Waals surface area contributed by atoms with Crippen LogP contribution in [-0.2, 0) is 6.54 Å². The molecule has 5 heteroatoms. The highest BCUT2D eigenvalue weighted by molar-refractivity contribution is 5.87. The molecular weight excluding hydrogens is 204 g/mol. The Morgan fingerprint density at radius 1 is 1.25 bits per heavy atom. The number of rotatable bonds is 3. The molecule has 0 fully saturated rings. The Bertz CT molecular complexity index is 438. The zero-order chi connectivity index (χ0) is 11.2. The molecule has 16 heavy (non-hydrogen) atoms.